The topological polar surface area (TPSA) is 57.8 Å². The third-order valence-electron chi connectivity index (χ3n) is 4.39. The molecule has 2 aromatic heterocycles. The molecule has 0 saturated heterocycles. The van der Waals surface area contributed by atoms with Crippen molar-refractivity contribution >= 4 is 32.9 Å². The van der Waals surface area contributed by atoms with Crippen LogP contribution < -0.4 is 10.9 Å². The summed E-state index contributed by atoms with van der Waals surface area (Å²) in [6.45, 7) is 1.90. The normalized spacial score (nSPS) is 10.8. The van der Waals surface area contributed by atoms with Crippen LogP contribution in [0.1, 0.15) is 10.4 Å². The molecule has 0 aliphatic heterocycles. The van der Waals surface area contributed by atoms with Gasteiger partial charge in [0.25, 0.3) is 5.56 Å². The van der Waals surface area contributed by atoms with Crippen LogP contribution in [0.4, 0.5) is 20.2 Å². The van der Waals surface area contributed by atoms with E-state index in [0.29, 0.717) is 26.5 Å². The summed E-state index contributed by atoms with van der Waals surface area (Å²) in [5.74, 6) is -1.46. The zero-order valence-corrected chi connectivity index (χ0v) is 15.5. The molecule has 0 radical (unpaired) electrons. The van der Waals surface area contributed by atoms with E-state index in [2.05, 4.69) is 11.4 Å². The minimum absolute atomic E-state index is 0.0474. The number of nitrogens with one attached hydrogen (secondary N) is 1. The number of nitriles is 1. The van der Waals surface area contributed by atoms with Crippen molar-refractivity contribution in [2.24, 2.45) is 0 Å². The van der Waals surface area contributed by atoms with Gasteiger partial charge >= 0.3 is 0 Å². The van der Waals surface area contributed by atoms with Crippen molar-refractivity contribution in [2.45, 2.75) is 6.92 Å². The van der Waals surface area contributed by atoms with Gasteiger partial charge < -0.3 is 5.32 Å². The van der Waals surface area contributed by atoms with Crippen LogP contribution in [0.25, 0.3) is 15.9 Å². The van der Waals surface area contributed by atoms with Gasteiger partial charge in [0.15, 0.2) is 0 Å². The van der Waals surface area contributed by atoms with Gasteiger partial charge in [0.2, 0.25) is 0 Å². The first-order chi connectivity index (χ1) is 13.5. The zero-order chi connectivity index (χ0) is 19.8. The summed E-state index contributed by atoms with van der Waals surface area (Å²) < 4.78 is 28.8. The van der Waals surface area contributed by atoms with Gasteiger partial charge in [0, 0.05) is 17.5 Å². The highest BCUT2D eigenvalue weighted by Gasteiger charge is 2.18. The molecule has 1 N–H and O–H groups in total. The largest absolute Gasteiger partial charge is 0.351 e. The molecule has 28 heavy (non-hydrogen) atoms. The quantitative estimate of drug-likeness (QED) is 0.517. The van der Waals surface area contributed by atoms with Crippen LogP contribution in [-0.2, 0) is 0 Å². The van der Waals surface area contributed by atoms with Crippen LogP contribution >= 0.6 is 11.3 Å². The van der Waals surface area contributed by atoms with Crippen molar-refractivity contribution in [3.8, 4) is 11.8 Å². The summed E-state index contributed by atoms with van der Waals surface area (Å²) in [4.78, 5) is 13.5. The average Bonchev–Trinajstić information content (AvgIpc) is 3.02. The van der Waals surface area contributed by atoms with Gasteiger partial charge in [-0.2, -0.15) is 5.26 Å². The first kappa shape index (κ1) is 17.9. The molecule has 138 valence electrons. The second kappa shape index (κ2) is 6.91. The van der Waals surface area contributed by atoms with Gasteiger partial charge in [-0.3, -0.25) is 9.36 Å². The standard InChI is InChI=1S/C21H13F2N3OS/c1-12-4-2-3-5-17(12)26-19(27)9-7-14-20(18(11-24)28-21(14)26)25-16-8-6-13(22)10-15(16)23/h2-10,25H,1H3. The molecule has 4 rings (SSSR count). The Balaban J connectivity index is 1.97. The minimum atomic E-state index is -0.768. The molecule has 0 fully saturated rings. The Morgan fingerprint density at radius 3 is 2.61 bits per heavy atom. The van der Waals surface area contributed by atoms with Gasteiger partial charge in [-0.1, -0.05) is 18.2 Å². The van der Waals surface area contributed by atoms with Crippen LogP contribution in [0.5, 0.6) is 0 Å². The lowest BCUT2D eigenvalue weighted by Crippen LogP contribution is -2.17. The maximum absolute atomic E-state index is 14.1. The number of aryl methyl sites for hydroxylation is 1. The summed E-state index contributed by atoms with van der Waals surface area (Å²) in [5.41, 5.74) is 1.82. The SMILES string of the molecule is Cc1ccccc1-n1c(=O)ccc2c(Nc3ccc(F)cc3F)c(C#N)sc21. The Hall–Kier alpha value is -3.50. The maximum atomic E-state index is 14.1. The van der Waals surface area contributed by atoms with Crippen LogP contribution in [0.2, 0.25) is 0 Å². The number of anilines is 2. The predicted molar refractivity (Wildman–Crippen MR) is 107 cm³/mol. The number of aromatic nitrogens is 1. The van der Waals surface area contributed by atoms with Crippen molar-refractivity contribution < 1.29 is 8.78 Å². The van der Waals surface area contributed by atoms with Crippen LogP contribution in [0, 0.1) is 29.9 Å². The molecular weight excluding hydrogens is 380 g/mol. The Kier molecular flexibility index (Phi) is 4.41. The summed E-state index contributed by atoms with van der Waals surface area (Å²) in [5, 5.41) is 13.1. The van der Waals surface area contributed by atoms with E-state index in [9.17, 15) is 18.8 Å². The second-order valence-corrected chi connectivity index (χ2v) is 7.18. The number of rotatable bonds is 3. The van der Waals surface area contributed by atoms with Crippen molar-refractivity contribution in [3.63, 3.8) is 0 Å². The van der Waals surface area contributed by atoms with Crippen molar-refractivity contribution in [2.75, 3.05) is 5.32 Å². The summed E-state index contributed by atoms with van der Waals surface area (Å²) in [7, 11) is 0. The number of fused-ring (bicyclic) bond motifs is 1. The molecule has 0 bridgehead atoms. The first-order valence-corrected chi connectivity index (χ1v) is 9.18. The molecule has 4 aromatic rings. The van der Waals surface area contributed by atoms with Crippen LogP contribution in [0.15, 0.2) is 59.4 Å². The molecule has 0 aliphatic carbocycles. The fourth-order valence-corrected chi connectivity index (χ4v) is 4.11. The molecule has 0 spiro atoms. The number of halogens is 2. The smallest absolute Gasteiger partial charge is 0.256 e. The van der Waals surface area contributed by atoms with Crippen LogP contribution in [0.3, 0.4) is 0 Å². The third-order valence-corrected chi connectivity index (χ3v) is 5.49. The number of thiophene rings is 1. The molecule has 0 atom stereocenters. The predicted octanol–water partition coefficient (Wildman–Crippen LogP) is 5.25. The summed E-state index contributed by atoms with van der Waals surface area (Å²) >= 11 is 1.14. The fourth-order valence-electron chi connectivity index (χ4n) is 3.05. The van der Waals surface area contributed by atoms with Gasteiger partial charge in [0.05, 0.1) is 17.1 Å². The number of para-hydroxylation sites is 1. The molecule has 7 heteroatoms. The van der Waals surface area contributed by atoms with E-state index in [1.54, 1.807) is 10.6 Å². The molecule has 0 amide bonds. The van der Waals surface area contributed by atoms with Crippen LogP contribution in [-0.4, -0.2) is 4.57 Å². The summed E-state index contributed by atoms with van der Waals surface area (Å²) in [6, 6.07) is 15.7. The lowest BCUT2D eigenvalue weighted by molar-refractivity contribution is 0.586. The average molecular weight is 393 g/mol. The fraction of sp³-hybridized carbons (Fsp3) is 0.0476. The van der Waals surface area contributed by atoms with E-state index < -0.39 is 11.6 Å². The van der Waals surface area contributed by atoms with Gasteiger partial charge in [0.1, 0.15) is 27.4 Å². The van der Waals surface area contributed by atoms with Gasteiger partial charge in [-0.25, -0.2) is 8.78 Å². The molecule has 2 aromatic carbocycles. The lowest BCUT2D eigenvalue weighted by atomic mass is 10.2. The molecule has 0 unspecified atom stereocenters. The van der Waals surface area contributed by atoms with E-state index in [0.717, 1.165) is 29.0 Å². The molecular formula is C21H13F2N3OS. The highest BCUT2D eigenvalue weighted by Crippen LogP contribution is 2.38. The Morgan fingerprint density at radius 1 is 1.11 bits per heavy atom. The highest BCUT2D eigenvalue weighted by molar-refractivity contribution is 7.20. The number of hydrogen-bond acceptors (Lipinski definition) is 4. The molecule has 2 heterocycles. The number of nitrogens with zero attached hydrogens (tertiary/aromatic N) is 2. The highest BCUT2D eigenvalue weighted by atomic mass is 32.1. The van der Waals surface area contributed by atoms with Gasteiger partial charge in [-0.15, -0.1) is 11.3 Å². The first-order valence-electron chi connectivity index (χ1n) is 8.36. The number of hydrogen-bond donors (Lipinski definition) is 1. The summed E-state index contributed by atoms with van der Waals surface area (Å²) in [6.07, 6.45) is 0. The Bertz CT molecular complexity index is 1320. The van der Waals surface area contributed by atoms with E-state index in [1.807, 2.05) is 31.2 Å². The zero-order valence-electron chi connectivity index (χ0n) is 14.7. The second-order valence-electron chi connectivity index (χ2n) is 6.18. The van der Waals surface area contributed by atoms with E-state index in [4.69, 9.17) is 0 Å². The number of benzene rings is 2. The Morgan fingerprint density at radius 2 is 1.89 bits per heavy atom. The van der Waals surface area contributed by atoms with E-state index in [1.165, 1.54) is 12.1 Å². The lowest BCUT2D eigenvalue weighted by Gasteiger charge is -2.11. The van der Waals surface area contributed by atoms with E-state index >= 15 is 0 Å². The van der Waals surface area contributed by atoms with Crippen molar-refractivity contribution in [1.29, 1.82) is 5.26 Å². The monoisotopic (exact) mass is 393 g/mol. The Labute approximate surface area is 162 Å². The maximum Gasteiger partial charge on any atom is 0.256 e. The molecule has 4 nitrogen and oxygen atoms in total. The molecule has 0 saturated carbocycles. The van der Waals surface area contributed by atoms with Crippen molar-refractivity contribution in [3.05, 3.63) is 87.0 Å². The number of pyridine rings is 1. The van der Waals surface area contributed by atoms with Gasteiger partial charge in [-0.05, 0) is 36.8 Å². The van der Waals surface area contributed by atoms with Crippen molar-refractivity contribution in [1.82, 2.24) is 4.57 Å². The van der Waals surface area contributed by atoms with E-state index in [-0.39, 0.29) is 11.2 Å². The third kappa shape index (κ3) is 2.94. The minimum Gasteiger partial charge on any atom is -0.351 e. The molecule has 0 aliphatic rings.